The lowest BCUT2D eigenvalue weighted by Gasteiger charge is -2.32. The van der Waals surface area contributed by atoms with E-state index in [1.54, 1.807) is 6.20 Å². The number of carbonyl (C=O) groups is 1. The van der Waals surface area contributed by atoms with Crippen molar-refractivity contribution in [3.8, 4) is 11.8 Å². The molecular weight excluding hydrogens is 282 g/mol. The van der Waals surface area contributed by atoms with Gasteiger partial charge in [0.05, 0.1) is 12.7 Å². The first-order chi connectivity index (χ1) is 10.4. The number of rotatable bonds is 2. The molecule has 0 radical (unpaired) electrons. The van der Waals surface area contributed by atoms with Crippen LogP contribution in [-0.4, -0.2) is 47.3 Å². The third-order valence-electron chi connectivity index (χ3n) is 3.16. The lowest BCUT2D eigenvalue weighted by molar-refractivity contribution is 0.0476. The van der Waals surface area contributed by atoms with Crippen LogP contribution in [-0.2, 0) is 4.74 Å². The standard InChI is InChI=1S/C16H23N3O3/c1-16(2,3)22-15(20)18-13-6-4-9-19(12-13)10-5-7-14-17-8-11-21-14/h8,11,13H,4,6,9-10,12H2,1-3H3,(H,18,20). The molecular formula is C16H23N3O3. The second kappa shape index (κ2) is 7.32. The van der Waals surface area contributed by atoms with Crippen molar-refractivity contribution >= 4 is 6.09 Å². The van der Waals surface area contributed by atoms with Crippen LogP contribution in [0.2, 0.25) is 0 Å². The molecule has 1 saturated heterocycles. The van der Waals surface area contributed by atoms with Gasteiger partial charge in [-0.25, -0.2) is 9.78 Å². The van der Waals surface area contributed by atoms with Gasteiger partial charge in [0.15, 0.2) is 0 Å². The molecule has 2 heterocycles. The maximum atomic E-state index is 11.8. The van der Waals surface area contributed by atoms with Crippen LogP contribution in [0, 0.1) is 11.8 Å². The van der Waals surface area contributed by atoms with Crippen molar-refractivity contribution in [3.05, 3.63) is 18.4 Å². The average Bonchev–Trinajstić information content (AvgIpc) is 2.90. The van der Waals surface area contributed by atoms with Crippen LogP contribution >= 0.6 is 0 Å². The number of ether oxygens (including phenoxy) is 1. The van der Waals surface area contributed by atoms with Crippen LogP contribution in [0.15, 0.2) is 16.9 Å². The minimum atomic E-state index is -0.472. The molecule has 1 fully saturated rings. The molecule has 1 amide bonds. The fourth-order valence-electron chi connectivity index (χ4n) is 2.30. The van der Waals surface area contributed by atoms with Gasteiger partial charge in [-0.15, -0.1) is 0 Å². The summed E-state index contributed by atoms with van der Waals surface area (Å²) in [6, 6.07) is 0.104. The van der Waals surface area contributed by atoms with Gasteiger partial charge in [-0.05, 0) is 46.1 Å². The average molecular weight is 305 g/mol. The summed E-state index contributed by atoms with van der Waals surface area (Å²) in [6.45, 7) is 7.97. The molecule has 0 aliphatic carbocycles. The molecule has 1 aliphatic rings. The van der Waals surface area contributed by atoms with Crippen molar-refractivity contribution in [1.29, 1.82) is 0 Å². The normalized spacial score (nSPS) is 19.1. The lowest BCUT2D eigenvalue weighted by atomic mass is 10.1. The molecule has 0 aromatic carbocycles. The number of alkyl carbamates (subject to hydrolysis) is 1. The summed E-state index contributed by atoms with van der Waals surface area (Å²) in [5.74, 6) is 6.35. The number of aromatic nitrogens is 1. The Kier molecular flexibility index (Phi) is 5.45. The molecule has 1 aromatic rings. The number of piperidine rings is 1. The predicted octanol–water partition coefficient (Wildman–Crippen LogP) is 2.02. The first-order valence-electron chi connectivity index (χ1n) is 7.52. The highest BCUT2D eigenvalue weighted by molar-refractivity contribution is 5.68. The molecule has 120 valence electrons. The highest BCUT2D eigenvalue weighted by atomic mass is 16.6. The van der Waals surface area contributed by atoms with Gasteiger partial charge in [-0.3, -0.25) is 4.90 Å². The van der Waals surface area contributed by atoms with Crippen molar-refractivity contribution in [1.82, 2.24) is 15.2 Å². The summed E-state index contributed by atoms with van der Waals surface area (Å²) in [5, 5.41) is 2.93. The molecule has 6 nitrogen and oxygen atoms in total. The summed E-state index contributed by atoms with van der Waals surface area (Å²) >= 11 is 0. The van der Waals surface area contributed by atoms with E-state index in [9.17, 15) is 4.79 Å². The highest BCUT2D eigenvalue weighted by Crippen LogP contribution is 2.11. The van der Waals surface area contributed by atoms with E-state index in [-0.39, 0.29) is 12.1 Å². The molecule has 2 rings (SSSR count). The van der Waals surface area contributed by atoms with Crippen molar-refractivity contribution in [2.24, 2.45) is 0 Å². The minimum absolute atomic E-state index is 0.104. The first kappa shape index (κ1) is 16.4. The van der Waals surface area contributed by atoms with Gasteiger partial charge < -0.3 is 14.5 Å². The van der Waals surface area contributed by atoms with E-state index in [4.69, 9.17) is 9.15 Å². The second-order valence-electron chi connectivity index (χ2n) is 6.36. The quantitative estimate of drug-likeness (QED) is 0.847. The van der Waals surface area contributed by atoms with Crippen molar-refractivity contribution in [3.63, 3.8) is 0 Å². The van der Waals surface area contributed by atoms with Crippen LogP contribution in [0.1, 0.15) is 39.5 Å². The van der Waals surface area contributed by atoms with Gasteiger partial charge in [0, 0.05) is 12.6 Å². The van der Waals surface area contributed by atoms with Gasteiger partial charge in [0.2, 0.25) is 0 Å². The molecule has 1 atom stereocenters. The topological polar surface area (TPSA) is 67.6 Å². The van der Waals surface area contributed by atoms with Crippen molar-refractivity contribution < 1.29 is 13.9 Å². The summed E-state index contributed by atoms with van der Waals surface area (Å²) in [6.07, 6.45) is 4.71. The first-order valence-corrected chi connectivity index (χ1v) is 7.52. The zero-order valence-electron chi connectivity index (χ0n) is 13.4. The Morgan fingerprint density at radius 3 is 3.09 bits per heavy atom. The Balaban J connectivity index is 1.78. The number of carbonyl (C=O) groups excluding carboxylic acids is 1. The summed E-state index contributed by atoms with van der Waals surface area (Å²) in [4.78, 5) is 18.0. The van der Waals surface area contributed by atoms with Crippen molar-refractivity contribution in [2.75, 3.05) is 19.6 Å². The number of nitrogens with one attached hydrogen (secondary N) is 1. The van der Waals surface area contributed by atoms with Crippen LogP contribution in [0.5, 0.6) is 0 Å². The van der Waals surface area contributed by atoms with E-state index in [2.05, 4.69) is 27.0 Å². The molecule has 0 spiro atoms. The predicted molar refractivity (Wildman–Crippen MR) is 82.2 cm³/mol. The van der Waals surface area contributed by atoms with Gasteiger partial charge in [-0.2, -0.15) is 0 Å². The molecule has 22 heavy (non-hydrogen) atoms. The SMILES string of the molecule is CC(C)(C)OC(=O)NC1CCCN(CC#Cc2ncco2)C1. The second-order valence-corrected chi connectivity index (χ2v) is 6.36. The fraction of sp³-hybridized carbons (Fsp3) is 0.625. The van der Waals surface area contributed by atoms with Gasteiger partial charge in [-0.1, -0.05) is 5.92 Å². The van der Waals surface area contributed by atoms with Crippen molar-refractivity contribution in [2.45, 2.75) is 45.3 Å². The van der Waals surface area contributed by atoms with E-state index in [0.29, 0.717) is 12.4 Å². The van der Waals surface area contributed by atoms with Crippen LogP contribution in [0.25, 0.3) is 0 Å². The molecule has 1 N–H and O–H groups in total. The molecule has 1 unspecified atom stereocenters. The number of likely N-dealkylation sites (tertiary alicyclic amines) is 1. The molecule has 1 aliphatic heterocycles. The smallest absolute Gasteiger partial charge is 0.407 e. The third-order valence-corrected chi connectivity index (χ3v) is 3.16. The Bertz CT molecular complexity index is 537. The lowest BCUT2D eigenvalue weighted by Crippen LogP contribution is -2.48. The van der Waals surface area contributed by atoms with Gasteiger partial charge >= 0.3 is 6.09 Å². The molecule has 0 saturated carbocycles. The largest absolute Gasteiger partial charge is 0.444 e. The Morgan fingerprint density at radius 1 is 1.59 bits per heavy atom. The number of hydrogen-bond donors (Lipinski definition) is 1. The Morgan fingerprint density at radius 2 is 2.41 bits per heavy atom. The van der Waals surface area contributed by atoms with Crippen LogP contribution in [0.3, 0.4) is 0 Å². The minimum Gasteiger partial charge on any atom is -0.444 e. The number of oxazole rings is 1. The monoisotopic (exact) mass is 305 g/mol. The third kappa shape index (κ3) is 5.78. The van der Waals surface area contributed by atoms with E-state index < -0.39 is 5.60 Å². The van der Waals surface area contributed by atoms with E-state index in [0.717, 1.165) is 25.9 Å². The van der Waals surface area contributed by atoms with Gasteiger partial charge in [0.1, 0.15) is 11.9 Å². The van der Waals surface area contributed by atoms with E-state index in [1.807, 2.05) is 20.8 Å². The van der Waals surface area contributed by atoms with E-state index >= 15 is 0 Å². The van der Waals surface area contributed by atoms with Gasteiger partial charge in [0.25, 0.3) is 5.89 Å². The highest BCUT2D eigenvalue weighted by Gasteiger charge is 2.23. The van der Waals surface area contributed by atoms with Crippen LogP contribution < -0.4 is 5.32 Å². The van der Waals surface area contributed by atoms with E-state index in [1.165, 1.54) is 6.26 Å². The number of hydrogen-bond acceptors (Lipinski definition) is 5. The zero-order chi connectivity index (χ0) is 16.0. The molecule has 0 bridgehead atoms. The molecule has 1 aromatic heterocycles. The number of nitrogens with zero attached hydrogens (tertiary/aromatic N) is 2. The van der Waals surface area contributed by atoms with Crippen LogP contribution in [0.4, 0.5) is 4.79 Å². The summed E-state index contributed by atoms with van der Waals surface area (Å²) < 4.78 is 10.4. The maximum absolute atomic E-state index is 11.8. The maximum Gasteiger partial charge on any atom is 0.407 e. The number of amides is 1. The fourth-order valence-corrected chi connectivity index (χ4v) is 2.30. The summed E-state index contributed by atoms with van der Waals surface area (Å²) in [5.41, 5.74) is -0.472. The Labute approximate surface area is 131 Å². The summed E-state index contributed by atoms with van der Waals surface area (Å²) in [7, 11) is 0. The molecule has 6 heteroatoms. The Hall–Kier alpha value is -2.00. The zero-order valence-corrected chi connectivity index (χ0v) is 13.4.